The molecule has 0 fully saturated rings. The van der Waals surface area contributed by atoms with Crippen LogP contribution in [0.3, 0.4) is 0 Å². The number of hydrogen-bond donors (Lipinski definition) is 2. The van der Waals surface area contributed by atoms with E-state index in [9.17, 15) is 25.0 Å². The first-order chi connectivity index (χ1) is 11.4. The van der Waals surface area contributed by atoms with Gasteiger partial charge in [-0.2, -0.15) is 0 Å². The molecule has 3 rings (SSSR count). The van der Waals surface area contributed by atoms with Crippen molar-refractivity contribution in [2.75, 3.05) is 5.43 Å². The molecule has 11 nitrogen and oxygen atoms in total. The highest BCUT2D eigenvalue weighted by Gasteiger charge is 2.17. The molecule has 0 aliphatic carbocycles. The molecule has 0 spiro atoms. The van der Waals surface area contributed by atoms with Gasteiger partial charge in [0, 0.05) is 12.1 Å². The molecule has 0 aliphatic heterocycles. The molecule has 12 heteroatoms. The first-order valence-electron chi connectivity index (χ1n) is 6.29. The number of aromatic nitrogens is 1. The molecule has 0 bridgehead atoms. The van der Waals surface area contributed by atoms with Crippen molar-refractivity contribution < 1.29 is 19.1 Å². The number of furan rings is 1. The summed E-state index contributed by atoms with van der Waals surface area (Å²) in [6.07, 6.45) is 0. The van der Waals surface area contributed by atoms with Gasteiger partial charge in [0.15, 0.2) is 0 Å². The third kappa shape index (κ3) is 2.98. The molecule has 0 saturated carbocycles. The number of rotatable bonds is 5. The summed E-state index contributed by atoms with van der Waals surface area (Å²) in [5.74, 6) is -1.52. The zero-order valence-corrected chi connectivity index (χ0v) is 12.4. The number of nitrogens with one attached hydrogen (secondary N) is 2. The van der Waals surface area contributed by atoms with Crippen molar-refractivity contribution in [3.63, 3.8) is 0 Å². The van der Waals surface area contributed by atoms with Gasteiger partial charge >= 0.3 is 11.8 Å². The first kappa shape index (κ1) is 15.4. The van der Waals surface area contributed by atoms with Gasteiger partial charge in [-0.25, -0.2) is 4.98 Å². The number of thiazole rings is 1. The highest BCUT2D eigenvalue weighted by Crippen LogP contribution is 2.28. The zero-order valence-electron chi connectivity index (χ0n) is 11.6. The lowest BCUT2D eigenvalue weighted by atomic mass is 10.3. The highest BCUT2D eigenvalue weighted by molar-refractivity contribution is 7.22. The van der Waals surface area contributed by atoms with Crippen molar-refractivity contribution in [3.8, 4) is 0 Å². The first-order valence-corrected chi connectivity index (χ1v) is 7.11. The Morgan fingerprint density at radius 3 is 2.62 bits per heavy atom. The van der Waals surface area contributed by atoms with E-state index < -0.39 is 21.6 Å². The Morgan fingerprint density at radius 1 is 1.17 bits per heavy atom. The normalized spacial score (nSPS) is 10.5. The Hall–Kier alpha value is -3.54. The Morgan fingerprint density at radius 2 is 1.96 bits per heavy atom. The molecule has 122 valence electrons. The maximum Gasteiger partial charge on any atom is 0.433 e. The minimum atomic E-state index is -0.759. The predicted octanol–water partition coefficient (Wildman–Crippen LogP) is 2.46. The molecule has 0 aliphatic rings. The molecule has 3 aromatic rings. The molecule has 1 aromatic carbocycles. The van der Waals surface area contributed by atoms with Crippen LogP contribution in [-0.4, -0.2) is 20.7 Å². The molecule has 2 N–H and O–H groups in total. The SMILES string of the molecule is O=C(NNc1nc2ccc([N+](=O)[O-])cc2s1)c1ccc([N+](=O)[O-])o1. The topological polar surface area (TPSA) is 153 Å². The van der Waals surface area contributed by atoms with Crippen molar-refractivity contribution in [3.05, 3.63) is 56.3 Å². The van der Waals surface area contributed by atoms with Crippen LogP contribution in [-0.2, 0) is 0 Å². The van der Waals surface area contributed by atoms with Crippen LogP contribution in [0.5, 0.6) is 0 Å². The van der Waals surface area contributed by atoms with Crippen LogP contribution < -0.4 is 10.9 Å². The van der Waals surface area contributed by atoms with E-state index in [1.54, 1.807) is 0 Å². The third-order valence-corrected chi connectivity index (χ3v) is 3.79. The molecule has 0 saturated heterocycles. The van der Waals surface area contributed by atoms with Crippen molar-refractivity contribution >= 4 is 44.2 Å². The summed E-state index contributed by atoms with van der Waals surface area (Å²) in [6.45, 7) is 0. The number of carbonyl (C=O) groups excluding carboxylic acids is 1. The number of amides is 1. The van der Waals surface area contributed by atoms with E-state index in [1.807, 2.05) is 0 Å². The predicted molar refractivity (Wildman–Crippen MR) is 82.7 cm³/mol. The summed E-state index contributed by atoms with van der Waals surface area (Å²) >= 11 is 1.10. The van der Waals surface area contributed by atoms with E-state index in [2.05, 4.69) is 15.8 Å². The molecule has 0 radical (unpaired) electrons. The van der Waals surface area contributed by atoms with Crippen LogP contribution in [0.25, 0.3) is 10.2 Å². The van der Waals surface area contributed by atoms with Crippen LogP contribution in [0.1, 0.15) is 10.6 Å². The number of benzene rings is 1. The minimum absolute atomic E-state index is 0.0652. The Bertz CT molecular complexity index is 964. The fourth-order valence-corrected chi connectivity index (χ4v) is 2.65. The Kier molecular flexibility index (Phi) is 3.79. The number of hydrogen-bond acceptors (Lipinski definition) is 9. The van der Waals surface area contributed by atoms with E-state index in [4.69, 9.17) is 4.42 Å². The number of nitro groups is 2. The van der Waals surface area contributed by atoms with Crippen LogP contribution in [0.15, 0.2) is 34.7 Å². The van der Waals surface area contributed by atoms with Gasteiger partial charge in [-0.15, -0.1) is 0 Å². The minimum Gasteiger partial charge on any atom is -0.395 e. The number of hydrazine groups is 1. The average molecular weight is 349 g/mol. The van der Waals surface area contributed by atoms with Gasteiger partial charge in [0.05, 0.1) is 21.2 Å². The number of carbonyl (C=O) groups is 1. The highest BCUT2D eigenvalue weighted by atomic mass is 32.1. The molecule has 2 heterocycles. The quantitative estimate of drug-likeness (QED) is 0.526. The lowest BCUT2D eigenvalue weighted by Gasteiger charge is -2.02. The molecule has 24 heavy (non-hydrogen) atoms. The van der Waals surface area contributed by atoms with Gasteiger partial charge in [-0.1, -0.05) is 11.3 Å². The van der Waals surface area contributed by atoms with Crippen molar-refractivity contribution in [2.45, 2.75) is 0 Å². The third-order valence-electron chi connectivity index (χ3n) is 2.86. The maximum atomic E-state index is 11.8. The Balaban J connectivity index is 1.71. The second-order valence-electron chi connectivity index (χ2n) is 4.40. The number of non-ortho nitro benzene ring substituents is 1. The fourth-order valence-electron chi connectivity index (χ4n) is 1.80. The van der Waals surface area contributed by atoms with Crippen LogP contribution in [0.2, 0.25) is 0 Å². The largest absolute Gasteiger partial charge is 0.433 e. The molecular weight excluding hydrogens is 342 g/mol. The second-order valence-corrected chi connectivity index (χ2v) is 5.43. The lowest BCUT2D eigenvalue weighted by Crippen LogP contribution is -2.28. The monoisotopic (exact) mass is 349 g/mol. The number of nitro benzene ring substituents is 1. The van der Waals surface area contributed by atoms with Crippen LogP contribution in [0, 0.1) is 20.2 Å². The lowest BCUT2D eigenvalue weighted by molar-refractivity contribution is -0.402. The van der Waals surface area contributed by atoms with Gasteiger partial charge in [0.25, 0.3) is 5.69 Å². The summed E-state index contributed by atoms with van der Waals surface area (Å²) in [4.78, 5) is 35.9. The van der Waals surface area contributed by atoms with E-state index in [0.717, 1.165) is 23.5 Å². The molecule has 1 amide bonds. The summed E-state index contributed by atoms with van der Waals surface area (Å²) in [6, 6.07) is 6.41. The molecular formula is C12H7N5O6S. The van der Waals surface area contributed by atoms with Gasteiger partial charge in [-0.05, 0) is 12.1 Å². The maximum absolute atomic E-state index is 11.8. The van der Waals surface area contributed by atoms with Crippen molar-refractivity contribution in [1.29, 1.82) is 0 Å². The van der Waals surface area contributed by atoms with Crippen LogP contribution >= 0.6 is 11.3 Å². The van der Waals surface area contributed by atoms with Gasteiger partial charge in [0.2, 0.25) is 10.9 Å². The number of nitrogens with zero attached hydrogens (tertiary/aromatic N) is 3. The van der Waals surface area contributed by atoms with Crippen molar-refractivity contribution in [1.82, 2.24) is 10.4 Å². The summed E-state index contributed by atoms with van der Waals surface area (Å²) < 4.78 is 5.32. The smallest absolute Gasteiger partial charge is 0.395 e. The molecule has 2 aromatic heterocycles. The van der Waals surface area contributed by atoms with Gasteiger partial charge in [-0.3, -0.25) is 35.9 Å². The molecule has 0 unspecified atom stereocenters. The fraction of sp³-hybridized carbons (Fsp3) is 0. The van der Waals surface area contributed by atoms with Crippen molar-refractivity contribution in [2.24, 2.45) is 0 Å². The van der Waals surface area contributed by atoms with E-state index in [0.29, 0.717) is 15.3 Å². The Labute approximate surface area is 136 Å². The van der Waals surface area contributed by atoms with Crippen LogP contribution in [0.4, 0.5) is 16.7 Å². The summed E-state index contributed by atoms with van der Waals surface area (Å²) in [7, 11) is 0. The average Bonchev–Trinajstić information content (AvgIpc) is 3.18. The number of fused-ring (bicyclic) bond motifs is 1. The summed E-state index contributed by atoms with van der Waals surface area (Å²) in [5.41, 5.74) is 5.26. The zero-order chi connectivity index (χ0) is 17.3. The van der Waals surface area contributed by atoms with E-state index in [1.165, 1.54) is 18.2 Å². The van der Waals surface area contributed by atoms with Gasteiger partial charge in [0.1, 0.15) is 4.92 Å². The summed E-state index contributed by atoms with van der Waals surface area (Å²) in [5, 5.41) is 21.5. The van der Waals surface area contributed by atoms with Gasteiger partial charge < -0.3 is 4.42 Å². The molecule has 0 atom stereocenters. The standard InChI is InChI=1S/C12H7N5O6S/c18-11(8-3-4-10(23-8)17(21)22)14-15-12-13-7-2-1-6(16(19)20)5-9(7)24-12/h1-5H,(H,13,15)(H,14,18). The van der Waals surface area contributed by atoms with E-state index >= 15 is 0 Å². The number of anilines is 1. The second kappa shape index (κ2) is 5.92. The van der Waals surface area contributed by atoms with E-state index in [-0.39, 0.29) is 11.4 Å².